The summed E-state index contributed by atoms with van der Waals surface area (Å²) in [6.45, 7) is 9.29. The number of rotatable bonds is 6. The van der Waals surface area contributed by atoms with Crippen LogP contribution < -0.4 is 0 Å². The summed E-state index contributed by atoms with van der Waals surface area (Å²) in [6, 6.07) is 10.4. The second-order valence-corrected chi connectivity index (χ2v) is 8.07. The first-order valence-corrected chi connectivity index (χ1v) is 10.3. The van der Waals surface area contributed by atoms with Crippen molar-refractivity contribution in [1.29, 1.82) is 0 Å². The Labute approximate surface area is 162 Å². The van der Waals surface area contributed by atoms with E-state index < -0.39 is 0 Å². The maximum absolute atomic E-state index is 13.1. The maximum Gasteiger partial charge on any atom is 0.230 e. The smallest absolute Gasteiger partial charge is 0.230 e. The topological polar surface area (TPSA) is 36.0 Å². The van der Waals surface area contributed by atoms with Crippen LogP contribution in [0.2, 0.25) is 0 Å². The van der Waals surface area contributed by atoms with E-state index in [-0.39, 0.29) is 5.41 Å². The van der Waals surface area contributed by atoms with Crippen molar-refractivity contribution >= 4 is 12.0 Å². The van der Waals surface area contributed by atoms with Crippen LogP contribution in [0.1, 0.15) is 18.4 Å². The van der Waals surface area contributed by atoms with E-state index in [1.807, 2.05) is 6.07 Å². The molecule has 3 aliphatic heterocycles. The van der Waals surface area contributed by atoms with E-state index in [0.717, 1.165) is 78.4 Å². The third-order valence-corrected chi connectivity index (χ3v) is 6.30. The fraction of sp³-hybridized carbons (Fsp3) is 0.591. The monoisotopic (exact) mass is 369 g/mol. The molecule has 1 amide bonds. The van der Waals surface area contributed by atoms with Gasteiger partial charge in [0.1, 0.15) is 0 Å². The fourth-order valence-corrected chi connectivity index (χ4v) is 4.59. The highest BCUT2D eigenvalue weighted by Crippen LogP contribution is 2.40. The van der Waals surface area contributed by atoms with Crippen LogP contribution in [-0.2, 0) is 9.53 Å². The van der Waals surface area contributed by atoms with Crippen LogP contribution in [0.3, 0.4) is 0 Å². The molecule has 1 aromatic rings. The first-order valence-electron chi connectivity index (χ1n) is 10.3. The predicted molar refractivity (Wildman–Crippen MR) is 107 cm³/mol. The summed E-state index contributed by atoms with van der Waals surface area (Å²) in [5.74, 6) is 0.394. The van der Waals surface area contributed by atoms with Gasteiger partial charge in [-0.05, 0) is 24.9 Å². The first-order chi connectivity index (χ1) is 13.3. The molecular formula is C22H31N3O2. The van der Waals surface area contributed by atoms with E-state index in [0.29, 0.717) is 5.91 Å². The van der Waals surface area contributed by atoms with E-state index in [1.165, 1.54) is 5.56 Å². The van der Waals surface area contributed by atoms with Crippen LogP contribution in [0.4, 0.5) is 0 Å². The molecule has 0 radical (unpaired) electrons. The lowest BCUT2D eigenvalue weighted by Crippen LogP contribution is -2.43. The van der Waals surface area contributed by atoms with Crippen LogP contribution in [0.5, 0.6) is 0 Å². The lowest BCUT2D eigenvalue weighted by molar-refractivity contribution is -0.135. The summed E-state index contributed by atoms with van der Waals surface area (Å²) in [4.78, 5) is 20.0. The van der Waals surface area contributed by atoms with Crippen molar-refractivity contribution in [1.82, 2.24) is 14.7 Å². The standard InChI is InChI=1S/C22H31N3O2/c26-21-22(9-12-25(21)14-13-23-15-17-27-18-16-23)8-11-24(19-22)10-4-7-20-5-2-1-3-6-20/h1-7H,8-19H2/b7-4+. The summed E-state index contributed by atoms with van der Waals surface area (Å²) in [5, 5.41) is 0. The normalized spacial score (nSPS) is 27.4. The molecule has 27 heavy (non-hydrogen) atoms. The lowest BCUT2D eigenvalue weighted by atomic mass is 9.85. The molecule has 0 aromatic heterocycles. The summed E-state index contributed by atoms with van der Waals surface area (Å²) >= 11 is 0. The quantitative estimate of drug-likeness (QED) is 0.768. The molecule has 1 atom stereocenters. The maximum atomic E-state index is 13.1. The summed E-state index contributed by atoms with van der Waals surface area (Å²) < 4.78 is 5.41. The molecule has 5 nitrogen and oxygen atoms in total. The van der Waals surface area contributed by atoms with E-state index in [1.54, 1.807) is 0 Å². The van der Waals surface area contributed by atoms with Crippen molar-refractivity contribution < 1.29 is 9.53 Å². The van der Waals surface area contributed by atoms with E-state index in [9.17, 15) is 4.79 Å². The zero-order chi connectivity index (χ0) is 18.5. The molecule has 0 saturated carbocycles. The van der Waals surface area contributed by atoms with Gasteiger partial charge in [0.25, 0.3) is 0 Å². The van der Waals surface area contributed by atoms with Gasteiger partial charge in [-0.3, -0.25) is 14.6 Å². The second-order valence-electron chi connectivity index (χ2n) is 8.07. The number of hydrogen-bond acceptors (Lipinski definition) is 4. The Morgan fingerprint density at radius 1 is 0.963 bits per heavy atom. The van der Waals surface area contributed by atoms with Gasteiger partial charge in [-0.1, -0.05) is 42.5 Å². The minimum atomic E-state index is -0.119. The zero-order valence-corrected chi connectivity index (χ0v) is 16.2. The molecule has 3 fully saturated rings. The largest absolute Gasteiger partial charge is 0.379 e. The van der Waals surface area contributed by atoms with Crippen LogP contribution in [0, 0.1) is 5.41 Å². The molecule has 3 heterocycles. The Bertz CT molecular complexity index is 657. The number of carbonyl (C=O) groups is 1. The summed E-state index contributed by atoms with van der Waals surface area (Å²) in [5.41, 5.74) is 1.11. The van der Waals surface area contributed by atoms with Crippen LogP contribution >= 0.6 is 0 Å². The third kappa shape index (κ3) is 4.42. The number of benzene rings is 1. The summed E-state index contributed by atoms with van der Waals surface area (Å²) in [7, 11) is 0. The van der Waals surface area contributed by atoms with Crippen LogP contribution in [-0.4, -0.2) is 86.2 Å². The van der Waals surface area contributed by atoms with Gasteiger partial charge in [-0.25, -0.2) is 0 Å². The number of ether oxygens (including phenoxy) is 1. The predicted octanol–water partition coefficient (Wildman–Crippen LogP) is 1.96. The number of likely N-dealkylation sites (tertiary alicyclic amines) is 2. The third-order valence-electron chi connectivity index (χ3n) is 6.30. The zero-order valence-electron chi connectivity index (χ0n) is 16.2. The van der Waals surface area contributed by atoms with Crippen molar-refractivity contribution in [2.24, 2.45) is 5.41 Å². The molecule has 1 aromatic carbocycles. The molecule has 3 aliphatic rings. The Hall–Kier alpha value is -1.69. The number of morpholine rings is 1. The van der Waals surface area contributed by atoms with Crippen molar-refractivity contribution in [2.45, 2.75) is 12.8 Å². The SMILES string of the molecule is O=C1N(CCN2CCOCC2)CCC12CCN(C/C=C/c1ccccc1)C2. The van der Waals surface area contributed by atoms with Crippen LogP contribution in [0.25, 0.3) is 6.08 Å². The Kier molecular flexibility index (Phi) is 5.91. The van der Waals surface area contributed by atoms with Crippen molar-refractivity contribution in [3.63, 3.8) is 0 Å². The minimum absolute atomic E-state index is 0.119. The molecule has 1 unspecified atom stereocenters. The highest BCUT2D eigenvalue weighted by atomic mass is 16.5. The van der Waals surface area contributed by atoms with Crippen molar-refractivity contribution in [2.75, 3.05) is 65.6 Å². The van der Waals surface area contributed by atoms with Gasteiger partial charge in [-0.2, -0.15) is 0 Å². The van der Waals surface area contributed by atoms with Gasteiger partial charge in [0.2, 0.25) is 5.91 Å². The van der Waals surface area contributed by atoms with E-state index in [2.05, 4.69) is 51.1 Å². The Balaban J connectivity index is 1.25. The van der Waals surface area contributed by atoms with E-state index >= 15 is 0 Å². The van der Waals surface area contributed by atoms with E-state index in [4.69, 9.17) is 4.74 Å². The molecule has 146 valence electrons. The number of carbonyl (C=O) groups excluding carboxylic acids is 1. The van der Waals surface area contributed by atoms with Gasteiger partial charge in [-0.15, -0.1) is 0 Å². The van der Waals surface area contributed by atoms with Crippen molar-refractivity contribution in [3.05, 3.63) is 42.0 Å². The van der Waals surface area contributed by atoms with Gasteiger partial charge in [0.05, 0.1) is 18.6 Å². The highest BCUT2D eigenvalue weighted by Gasteiger charge is 2.50. The average molecular weight is 370 g/mol. The molecule has 0 bridgehead atoms. The summed E-state index contributed by atoms with van der Waals surface area (Å²) in [6.07, 6.45) is 6.44. The molecular weight excluding hydrogens is 338 g/mol. The van der Waals surface area contributed by atoms with Gasteiger partial charge in [0, 0.05) is 45.8 Å². The van der Waals surface area contributed by atoms with Gasteiger partial charge < -0.3 is 9.64 Å². The fourth-order valence-electron chi connectivity index (χ4n) is 4.59. The number of hydrogen-bond donors (Lipinski definition) is 0. The Morgan fingerprint density at radius 2 is 1.74 bits per heavy atom. The molecule has 0 aliphatic carbocycles. The molecule has 1 spiro atoms. The van der Waals surface area contributed by atoms with Gasteiger partial charge >= 0.3 is 0 Å². The molecule has 5 heteroatoms. The molecule has 0 N–H and O–H groups in total. The highest BCUT2D eigenvalue weighted by molar-refractivity contribution is 5.85. The van der Waals surface area contributed by atoms with Crippen molar-refractivity contribution in [3.8, 4) is 0 Å². The first kappa shape index (κ1) is 18.7. The lowest BCUT2D eigenvalue weighted by Gasteiger charge is -2.29. The second kappa shape index (κ2) is 8.55. The Morgan fingerprint density at radius 3 is 2.56 bits per heavy atom. The van der Waals surface area contributed by atoms with Gasteiger partial charge in [0.15, 0.2) is 0 Å². The number of amides is 1. The number of nitrogens with zero attached hydrogens (tertiary/aromatic N) is 3. The molecule has 4 rings (SSSR count). The molecule has 3 saturated heterocycles. The van der Waals surface area contributed by atoms with Crippen LogP contribution in [0.15, 0.2) is 36.4 Å². The minimum Gasteiger partial charge on any atom is -0.379 e. The average Bonchev–Trinajstić information content (AvgIpc) is 3.26.